The zero-order valence-electron chi connectivity index (χ0n) is 12.2. The molecule has 1 aromatic rings. The molecule has 2 rings (SSSR count). The average Bonchev–Trinajstić information content (AvgIpc) is 2.55. The monoisotopic (exact) mass is 249 g/mol. The van der Waals surface area contributed by atoms with E-state index in [1.807, 2.05) is 0 Å². The first kappa shape index (κ1) is 13.1. The van der Waals surface area contributed by atoms with E-state index in [1.165, 1.54) is 12.3 Å². The third-order valence-electron chi connectivity index (χ3n) is 4.57. The van der Waals surface area contributed by atoms with Gasteiger partial charge in [0.1, 0.15) is 0 Å². The van der Waals surface area contributed by atoms with E-state index in [9.17, 15) is 0 Å². The molecule has 0 nitrogen and oxygen atoms in total. The molecular formula is C16H26P+. The lowest BCUT2D eigenvalue weighted by atomic mass is 10.1. The van der Waals surface area contributed by atoms with E-state index in [0.29, 0.717) is 10.3 Å². The van der Waals surface area contributed by atoms with Crippen LogP contribution in [0.1, 0.15) is 52.7 Å². The fourth-order valence-corrected chi connectivity index (χ4v) is 9.26. The van der Waals surface area contributed by atoms with Crippen LogP contribution in [0.25, 0.3) is 0 Å². The number of rotatable bonds is 0. The van der Waals surface area contributed by atoms with Crippen molar-refractivity contribution >= 4 is 7.26 Å². The van der Waals surface area contributed by atoms with Crippen LogP contribution in [-0.4, -0.2) is 10.3 Å². The molecule has 0 bridgehead atoms. The maximum atomic E-state index is 2.46. The minimum Gasteiger partial charge on any atom is -0.0618 e. The fraction of sp³-hybridized carbons (Fsp3) is 0.625. The van der Waals surface area contributed by atoms with Crippen LogP contribution in [-0.2, 0) is 12.3 Å². The van der Waals surface area contributed by atoms with Crippen LogP contribution < -0.4 is 0 Å². The van der Waals surface area contributed by atoms with Gasteiger partial charge in [-0.2, -0.15) is 0 Å². The summed E-state index contributed by atoms with van der Waals surface area (Å²) < 4.78 is 0. The largest absolute Gasteiger partial charge is 0.0860 e. The SMILES string of the molecule is CC(C)(C)[P+]1(C(C)(C)C)Cc2ccccc2C1. The van der Waals surface area contributed by atoms with Crippen LogP contribution >= 0.6 is 7.26 Å². The molecular weight excluding hydrogens is 223 g/mol. The summed E-state index contributed by atoms with van der Waals surface area (Å²) in [4.78, 5) is 0. The highest BCUT2D eigenvalue weighted by atomic mass is 31.2. The van der Waals surface area contributed by atoms with E-state index in [0.717, 1.165) is 0 Å². The van der Waals surface area contributed by atoms with Crippen molar-refractivity contribution < 1.29 is 0 Å². The lowest BCUT2D eigenvalue weighted by molar-refractivity contribution is 0.681. The van der Waals surface area contributed by atoms with E-state index in [4.69, 9.17) is 0 Å². The van der Waals surface area contributed by atoms with Gasteiger partial charge < -0.3 is 0 Å². The second kappa shape index (κ2) is 3.82. The highest BCUT2D eigenvalue weighted by Gasteiger charge is 2.60. The van der Waals surface area contributed by atoms with E-state index in [2.05, 4.69) is 65.8 Å². The summed E-state index contributed by atoms with van der Waals surface area (Å²) in [6, 6.07) is 9.08. The maximum Gasteiger partial charge on any atom is 0.0860 e. The Labute approximate surface area is 107 Å². The zero-order valence-corrected chi connectivity index (χ0v) is 13.1. The normalized spacial score (nSPS) is 19.2. The molecule has 0 amide bonds. The van der Waals surface area contributed by atoms with E-state index in [1.54, 1.807) is 11.1 Å². The van der Waals surface area contributed by atoms with E-state index in [-0.39, 0.29) is 0 Å². The number of fused-ring (bicyclic) bond motifs is 1. The Balaban J connectivity index is 2.50. The fourth-order valence-electron chi connectivity index (χ4n) is 3.46. The zero-order chi connectivity index (χ0) is 12.9. The Morgan fingerprint density at radius 1 is 0.765 bits per heavy atom. The van der Waals surface area contributed by atoms with Gasteiger partial charge in [-0.3, -0.25) is 0 Å². The van der Waals surface area contributed by atoms with Crippen LogP contribution in [0.15, 0.2) is 24.3 Å². The van der Waals surface area contributed by atoms with Gasteiger partial charge in [-0.15, -0.1) is 0 Å². The molecule has 0 fully saturated rings. The van der Waals surface area contributed by atoms with Gasteiger partial charge in [-0.25, -0.2) is 0 Å². The van der Waals surface area contributed by atoms with Gasteiger partial charge >= 0.3 is 0 Å². The Kier molecular flexibility index (Phi) is 2.94. The van der Waals surface area contributed by atoms with Crippen molar-refractivity contribution in [3.8, 4) is 0 Å². The van der Waals surface area contributed by atoms with Gasteiger partial charge in [0.25, 0.3) is 0 Å². The smallest absolute Gasteiger partial charge is 0.0618 e. The Morgan fingerprint density at radius 3 is 1.41 bits per heavy atom. The lowest BCUT2D eigenvalue weighted by Crippen LogP contribution is -2.33. The summed E-state index contributed by atoms with van der Waals surface area (Å²) >= 11 is 0. The van der Waals surface area contributed by atoms with Crippen LogP contribution in [0.5, 0.6) is 0 Å². The highest BCUT2D eigenvalue weighted by Crippen LogP contribution is 2.82. The van der Waals surface area contributed by atoms with E-state index < -0.39 is 7.26 Å². The van der Waals surface area contributed by atoms with Crippen molar-refractivity contribution in [1.82, 2.24) is 0 Å². The van der Waals surface area contributed by atoms with Gasteiger partial charge in [-0.1, -0.05) is 24.3 Å². The molecule has 0 unspecified atom stereocenters. The third kappa shape index (κ3) is 1.95. The molecule has 0 saturated heterocycles. The Bertz CT molecular complexity index is 377. The molecule has 0 radical (unpaired) electrons. The van der Waals surface area contributed by atoms with Gasteiger partial charge in [0, 0.05) is 7.26 Å². The predicted molar refractivity (Wildman–Crippen MR) is 80.3 cm³/mol. The molecule has 0 spiro atoms. The minimum atomic E-state index is -0.996. The van der Waals surface area contributed by atoms with Crippen LogP contribution in [0.4, 0.5) is 0 Å². The second-order valence-corrected chi connectivity index (χ2v) is 12.6. The summed E-state index contributed by atoms with van der Waals surface area (Å²) in [5, 5.41) is 0.897. The quantitative estimate of drug-likeness (QED) is 0.546. The second-order valence-electron chi connectivity index (χ2n) is 7.39. The molecule has 0 aliphatic carbocycles. The van der Waals surface area contributed by atoms with Gasteiger partial charge in [0.05, 0.1) is 22.6 Å². The first-order valence-corrected chi connectivity index (χ1v) is 8.77. The predicted octanol–water partition coefficient (Wildman–Crippen LogP) is 5.31. The summed E-state index contributed by atoms with van der Waals surface area (Å²) in [6.07, 6.45) is 2.69. The number of hydrogen-bond donors (Lipinski definition) is 0. The van der Waals surface area contributed by atoms with Crippen molar-refractivity contribution in [2.75, 3.05) is 0 Å². The summed E-state index contributed by atoms with van der Waals surface area (Å²) in [7, 11) is -0.996. The van der Waals surface area contributed by atoms with E-state index >= 15 is 0 Å². The highest BCUT2D eigenvalue weighted by molar-refractivity contribution is 7.77. The topological polar surface area (TPSA) is 0 Å². The van der Waals surface area contributed by atoms with Crippen molar-refractivity contribution in [3.63, 3.8) is 0 Å². The summed E-state index contributed by atoms with van der Waals surface area (Å²) in [5.41, 5.74) is 3.23. The van der Waals surface area contributed by atoms with Gasteiger partial charge in [0.2, 0.25) is 0 Å². The molecule has 1 aliphatic heterocycles. The molecule has 94 valence electrons. The first-order chi connectivity index (χ1) is 7.67. The molecule has 1 aliphatic rings. The molecule has 17 heavy (non-hydrogen) atoms. The average molecular weight is 249 g/mol. The Morgan fingerprint density at radius 2 is 1.12 bits per heavy atom. The first-order valence-electron chi connectivity index (χ1n) is 6.61. The standard InChI is InChI=1S/C16H26P/c1-15(2,3)17(16(4,5)6)11-13-9-7-8-10-14(13)12-17/h7-10H,11-12H2,1-6H3/q+1. The molecule has 1 heterocycles. The van der Waals surface area contributed by atoms with Crippen molar-refractivity contribution in [1.29, 1.82) is 0 Å². The van der Waals surface area contributed by atoms with Crippen LogP contribution in [0.3, 0.4) is 0 Å². The molecule has 0 N–H and O–H groups in total. The maximum absolute atomic E-state index is 2.46. The molecule has 1 aromatic carbocycles. The summed E-state index contributed by atoms with van der Waals surface area (Å²) in [5.74, 6) is 0. The minimum absolute atomic E-state index is 0.449. The molecule has 0 aromatic heterocycles. The van der Waals surface area contributed by atoms with Crippen LogP contribution in [0, 0.1) is 0 Å². The molecule has 1 heteroatoms. The van der Waals surface area contributed by atoms with Gasteiger partial charge in [0.15, 0.2) is 0 Å². The lowest BCUT2D eigenvalue weighted by Gasteiger charge is -2.44. The van der Waals surface area contributed by atoms with Crippen molar-refractivity contribution in [3.05, 3.63) is 35.4 Å². The van der Waals surface area contributed by atoms with Gasteiger partial charge in [-0.05, 0) is 52.7 Å². The van der Waals surface area contributed by atoms with Crippen LogP contribution in [0.2, 0.25) is 0 Å². The molecule has 0 saturated carbocycles. The Hall–Kier alpha value is -0.350. The third-order valence-corrected chi connectivity index (χ3v) is 11.5. The molecule has 0 atom stereocenters. The number of benzene rings is 1. The van der Waals surface area contributed by atoms with Crippen molar-refractivity contribution in [2.45, 2.75) is 64.2 Å². The van der Waals surface area contributed by atoms with Crippen molar-refractivity contribution in [2.24, 2.45) is 0 Å². The number of hydrogen-bond acceptors (Lipinski definition) is 0. The summed E-state index contributed by atoms with van der Waals surface area (Å²) in [6.45, 7) is 14.7.